The van der Waals surface area contributed by atoms with Crippen LogP contribution in [0.3, 0.4) is 0 Å². The van der Waals surface area contributed by atoms with Gasteiger partial charge in [0.05, 0.1) is 6.61 Å². The Kier molecular flexibility index (Phi) is 6.35. The topological polar surface area (TPSA) is 81.8 Å². The summed E-state index contributed by atoms with van der Waals surface area (Å²) in [6.45, 7) is 7.35. The van der Waals surface area contributed by atoms with Gasteiger partial charge in [-0.3, -0.25) is 9.69 Å². The minimum atomic E-state index is -0.226. The van der Waals surface area contributed by atoms with Gasteiger partial charge in [-0.25, -0.2) is 9.50 Å². The van der Waals surface area contributed by atoms with Gasteiger partial charge in [-0.05, 0) is 31.4 Å². The van der Waals surface area contributed by atoms with E-state index in [0.717, 1.165) is 36.6 Å². The van der Waals surface area contributed by atoms with Gasteiger partial charge in [-0.15, -0.1) is 0 Å². The van der Waals surface area contributed by atoms with Crippen LogP contribution in [-0.2, 0) is 27.2 Å². The molecule has 2 aromatic heterocycles. The smallest absolute Gasteiger partial charge is 0.306 e. The lowest BCUT2D eigenvalue weighted by molar-refractivity contribution is -0.150. The van der Waals surface area contributed by atoms with Gasteiger partial charge in [0.1, 0.15) is 19.0 Å². The van der Waals surface area contributed by atoms with Crippen molar-refractivity contribution in [2.45, 2.75) is 39.3 Å². The fourth-order valence-electron chi connectivity index (χ4n) is 3.87. The summed E-state index contributed by atoms with van der Waals surface area (Å²) in [5, 5.41) is 4.19. The molecule has 4 rings (SSSR count). The Balaban J connectivity index is 1.26. The average molecular weight is 409 g/mol. The number of hydrogen-bond acceptors (Lipinski definition) is 7. The molecule has 0 spiro atoms. The molecule has 0 amide bonds. The maximum absolute atomic E-state index is 12.3. The lowest BCUT2D eigenvalue weighted by atomic mass is 10.1. The van der Waals surface area contributed by atoms with Crippen LogP contribution < -0.4 is 0 Å². The molecule has 1 atom stereocenters. The first-order chi connectivity index (χ1) is 14.6. The van der Waals surface area contributed by atoms with E-state index in [2.05, 4.69) is 44.2 Å². The number of morpholine rings is 1. The largest absolute Gasteiger partial charge is 0.463 e. The summed E-state index contributed by atoms with van der Waals surface area (Å²) in [4.78, 5) is 23.2. The molecule has 0 saturated carbocycles. The summed E-state index contributed by atoms with van der Waals surface area (Å²) in [5.41, 5.74) is 4.11. The van der Waals surface area contributed by atoms with Crippen LogP contribution >= 0.6 is 0 Å². The molecule has 30 heavy (non-hydrogen) atoms. The highest BCUT2D eigenvalue weighted by atomic mass is 16.6. The number of aromatic nitrogens is 4. The normalized spacial score (nSPS) is 17.3. The Bertz CT molecular complexity index is 1000. The third-order valence-electron chi connectivity index (χ3n) is 5.47. The number of nitrogens with zero attached hydrogens (tertiary/aromatic N) is 5. The van der Waals surface area contributed by atoms with Crippen LogP contribution in [-0.4, -0.2) is 62.9 Å². The molecule has 3 aromatic rings. The lowest BCUT2D eigenvalue weighted by Crippen LogP contribution is -2.44. The number of ether oxygens (including phenoxy) is 2. The predicted molar refractivity (Wildman–Crippen MR) is 111 cm³/mol. The van der Waals surface area contributed by atoms with Gasteiger partial charge >= 0.3 is 5.97 Å². The van der Waals surface area contributed by atoms with E-state index < -0.39 is 0 Å². The Morgan fingerprint density at radius 2 is 2.10 bits per heavy atom. The molecule has 0 N–H and O–H groups in total. The van der Waals surface area contributed by atoms with Gasteiger partial charge in [0.2, 0.25) is 0 Å². The van der Waals surface area contributed by atoms with E-state index >= 15 is 0 Å². The van der Waals surface area contributed by atoms with Gasteiger partial charge in [0, 0.05) is 37.4 Å². The van der Waals surface area contributed by atoms with Crippen LogP contribution in [0.5, 0.6) is 0 Å². The number of carbonyl (C=O) groups is 1. The second-order valence-electron chi connectivity index (χ2n) is 7.63. The maximum Gasteiger partial charge on any atom is 0.306 e. The molecule has 8 heteroatoms. The Labute approximate surface area is 175 Å². The highest BCUT2D eigenvalue weighted by molar-refractivity contribution is 5.69. The first-order valence-corrected chi connectivity index (χ1v) is 10.3. The molecule has 0 radical (unpaired) electrons. The summed E-state index contributed by atoms with van der Waals surface area (Å²) in [6.07, 6.45) is 2.25. The molecular formula is C22H27N5O3. The third kappa shape index (κ3) is 4.83. The molecule has 1 aliphatic heterocycles. The molecule has 1 unspecified atom stereocenters. The SMILES string of the molecule is Cc1nc2ncnn2c(C)c1CCC(=O)OCC1CN(Cc2ccccc2)CCO1. The highest BCUT2D eigenvalue weighted by Crippen LogP contribution is 2.16. The van der Waals surface area contributed by atoms with Crippen LogP contribution in [0.4, 0.5) is 0 Å². The first-order valence-electron chi connectivity index (χ1n) is 10.3. The van der Waals surface area contributed by atoms with Crippen molar-refractivity contribution in [2.24, 2.45) is 0 Å². The van der Waals surface area contributed by atoms with Crippen molar-refractivity contribution in [2.75, 3.05) is 26.3 Å². The molecule has 0 bridgehead atoms. The van der Waals surface area contributed by atoms with Crippen molar-refractivity contribution < 1.29 is 14.3 Å². The van der Waals surface area contributed by atoms with E-state index in [1.807, 2.05) is 19.9 Å². The monoisotopic (exact) mass is 409 g/mol. The van der Waals surface area contributed by atoms with Crippen LogP contribution in [0.15, 0.2) is 36.7 Å². The average Bonchev–Trinajstić information content (AvgIpc) is 3.22. The van der Waals surface area contributed by atoms with E-state index in [-0.39, 0.29) is 18.7 Å². The fourth-order valence-corrected chi connectivity index (χ4v) is 3.87. The van der Waals surface area contributed by atoms with E-state index in [1.165, 1.54) is 11.9 Å². The van der Waals surface area contributed by atoms with Crippen molar-refractivity contribution in [3.05, 3.63) is 59.2 Å². The number of hydrogen-bond donors (Lipinski definition) is 0. The highest BCUT2D eigenvalue weighted by Gasteiger charge is 2.22. The second-order valence-corrected chi connectivity index (χ2v) is 7.63. The standard InChI is InChI=1S/C22H27N5O3/c1-16-20(17(2)27-22(25-16)23-15-24-27)8-9-21(28)30-14-19-13-26(10-11-29-19)12-18-6-4-3-5-7-18/h3-7,15,19H,8-14H2,1-2H3. The minimum Gasteiger partial charge on any atom is -0.463 e. The zero-order valence-electron chi connectivity index (χ0n) is 17.5. The van der Waals surface area contributed by atoms with E-state index in [4.69, 9.17) is 9.47 Å². The number of fused-ring (bicyclic) bond motifs is 1. The van der Waals surface area contributed by atoms with Crippen molar-refractivity contribution >= 4 is 11.7 Å². The van der Waals surface area contributed by atoms with E-state index in [1.54, 1.807) is 4.52 Å². The Morgan fingerprint density at radius 3 is 2.93 bits per heavy atom. The zero-order chi connectivity index (χ0) is 20.9. The second kappa shape index (κ2) is 9.32. The fraction of sp³-hybridized carbons (Fsp3) is 0.455. The van der Waals surface area contributed by atoms with Gasteiger partial charge in [-0.1, -0.05) is 30.3 Å². The summed E-state index contributed by atoms with van der Waals surface area (Å²) < 4.78 is 13.0. The molecule has 158 valence electrons. The summed E-state index contributed by atoms with van der Waals surface area (Å²) >= 11 is 0. The molecule has 8 nitrogen and oxygen atoms in total. The summed E-state index contributed by atoms with van der Waals surface area (Å²) in [7, 11) is 0. The predicted octanol–water partition coefficient (Wildman–Crippen LogP) is 2.12. The van der Waals surface area contributed by atoms with Crippen molar-refractivity contribution in [1.82, 2.24) is 24.5 Å². The molecule has 1 fully saturated rings. The first kappa shape index (κ1) is 20.4. The lowest BCUT2D eigenvalue weighted by Gasteiger charge is -2.32. The number of benzene rings is 1. The maximum atomic E-state index is 12.3. The summed E-state index contributed by atoms with van der Waals surface area (Å²) in [6, 6.07) is 10.4. The van der Waals surface area contributed by atoms with Gasteiger partial charge in [-0.2, -0.15) is 10.1 Å². The van der Waals surface area contributed by atoms with E-state index in [9.17, 15) is 4.79 Å². The van der Waals surface area contributed by atoms with Crippen LogP contribution in [0.25, 0.3) is 5.78 Å². The number of rotatable bonds is 7. The van der Waals surface area contributed by atoms with Gasteiger partial charge < -0.3 is 9.47 Å². The molecular weight excluding hydrogens is 382 g/mol. The van der Waals surface area contributed by atoms with Crippen LogP contribution in [0, 0.1) is 13.8 Å². The zero-order valence-corrected chi connectivity index (χ0v) is 17.5. The number of carbonyl (C=O) groups excluding carboxylic acids is 1. The van der Waals surface area contributed by atoms with Gasteiger partial charge in [0.15, 0.2) is 0 Å². The van der Waals surface area contributed by atoms with E-state index in [0.29, 0.717) is 25.2 Å². The number of aryl methyl sites for hydroxylation is 2. The Hall–Kier alpha value is -2.84. The Morgan fingerprint density at radius 1 is 1.27 bits per heavy atom. The molecule has 1 aromatic carbocycles. The molecule has 3 heterocycles. The van der Waals surface area contributed by atoms with Crippen LogP contribution in [0.2, 0.25) is 0 Å². The van der Waals surface area contributed by atoms with Gasteiger partial charge in [0.25, 0.3) is 5.78 Å². The summed E-state index contributed by atoms with van der Waals surface area (Å²) in [5.74, 6) is 0.349. The molecule has 0 aliphatic carbocycles. The minimum absolute atomic E-state index is 0.0944. The van der Waals surface area contributed by atoms with Crippen molar-refractivity contribution in [1.29, 1.82) is 0 Å². The van der Waals surface area contributed by atoms with Crippen molar-refractivity contribution in [3.63, 3.8) is 0 Å². The number of esters is 1. The quantitative estimate of drug-likeness (QED) is 0.553. The molecule has 1 aliphatic rings. The van der Waals surface area contributed by atoms with Crippen molar-refractivity contribution in [3.8, 4) is 0 Å². The third-order valence-corrected chi connectivity index (χ3v) is 5.47. The van der Waals surface area contributed by atoms with Crippen LogP contribution in [0.1, 0.15) is 28.9 Å². The molecule has 1 saturated heterocycles.